The van der Waals surface area contributed by atoms with Crippen LogP contribution in [0.25, 0.3) is 11.3 Å². The van der Waals surface area contributed by atoms with Gasteiger partial charge in [0.1, 0.15) is 29.4 Å². The highest BCUT2D eigenvalue weighted by Crippen LogP contribution is 2.34. The van der Waals surface area contributed by atoms with Crippen LogP contribution in [0.2, 0.25) is 10.0 Å². The molecule has 2 aromatic heterocycles. The average molecular weight is 1000 g/mol. The van der Waals surface area contributed by atoms with Crippen LogP contribution >= 0.6 is 23.2 Å². The topological polar surface area (TPSA) is 165 Å². The summed E-state index contributed by atoms with van der Waals surface area (Å²) in [6, 6.07) is 21.1. The number of pyridine rings is 1. The Morgan fingerprint density at radius 1 is 0.914 bits per heavy atom. The molecule has 0 spiro atoms. The molecule has 0 unspecified atom stereocenters. The molecule has 0 radical (unpaired) electrons. The average Bonchev–Trinajstić information content (AvgIpc) is 4.00. The molecule has 15 nitrogen and oxygen atoms in total. The third-order valence-corrected chi connectivity index (χ3v) is 13.9. The van der Waals surface area contributed by atoms with E-state index in [2.05, 4.69) is 24.8 Å². The van der Waals surface area contributed by atoms with Crippen molar-refractivity contribution in [2.45, 2.75) is 89.2 Å². The standard InChI is InChI=1S/C51H56Cl2F2N8O7/c1-33-47(65)57-42(31-69-50(54)55)48(66)58-51(27-34-9-14-38(52)15-10-34)19-7-22-61(32-51)49(67)37(24-40-8-3-4-23-63(40)68)25-46(64)62(33)29-36-11-16-39(53)26-44(36)70-41-17-12-35(13-18-41)43-28-56-45(59(43)2)30-60-20-5-6-21-60/h3-4,8-18,23,26,28,33,37,42,50H,5-7,19-22,24-25,27,29-32H2,1-2H3,(H,57,65)(H,58,66)/t33-,37+,42-,51+/m0/s1. The number of hydrogen-bond acceptors (Lipinski definition) is 9. The second kappa shape index (κ2) is 22.3. The first kappa shape index (κ1) is 50.3. The number of likely N-dealkylation sites (tertiary alicyclic amines) is 1. The van der Waals surface area contributed by atoms with Crippen LogP contribution in [0.5, 0.6) is 11.5 Å². The van der Waals surface area contributed by atoms with Gasteiger partial charge in [-0.25, -0.2) is 4.98 Å². The number of imidazole rings is 1. The van der Waals surface area contributed by atoms with Crippen molar-refractivity contribution >= 4 is 46.8 Å². The van der Waals surface area contributed by atoms with Crippen LogP contribution in [0.1, 0.15) is 61.7 Å². The van der Waals surface area contributed by atoms with E-state index < -0.39 is 66.8 Å². The van der Waals surface area contributed by atoms with Gasteiger partial charge in [0.15, 0.2) is 11.9 Å². The van der Waals surface area contributed by atoms with Gasteiger partial charge in [0.2, 0.25) is 23.6 Å². The molecule has 2 bridgehead atoms. The van der Waals surface area contributed by atoms with Gasteiger partial charge in [0.05, 0.1) is 43.0 Å². The van der Waals surface area contributed by atoms with E-state index in [4.69, 9.17) is 32.9 Å². The number of alkyl halides is 2. The maximum atomic E-state index is 15.0. The van der Waals surface area contributed by atoms with E-state index in [1.54, 1.807) is 77.7 Å². The molecule has 3 aliphatic rings. The zero-order valence-electron chi connectivity index (χ0n) is 39.0. The molecule has 0 saturated carbocycles. The highest BCUT2D eigenvalue weighted by atomic mass is 35.5. The van der Waals surface area contributed by atoms with Crippen LogP contribution in [-0.4, -0.2) is 105 Å². The van der Waals surface area contributed by atoms with Crippen LogP contribution < -0.4 is 20.1 Å². The summed E-state index contributed by atoms with van der Waals surface area (Å²) >= 11 is 12.7. The monoisotopic (exact) mass is 1000 g/mol. The quantitative estimate of drug-likeness (QED) is 0.0896. The number of amides is 4. The number of nitrogens with zero attached hydrogens (tertiary/aromatic N) is 6. The van der Waals surface area contributed by atoms with Crippen molar-refractivity contribution in [3.05, 3.63) is 135 Å². The summed E-state index contributed by atoms with van der Waals surface area (Å²) in [7, 11) is 1.99. The third kappa shape index (κ3) is 12.2. The number of piperidine rings is 1. The highest BCUT2D eigenvalue weighted by Gasteiger charge is 2.44. The first-order chi connectivity index (χ1) is 33.6. The van der Waals surface area contributed by atoms with E-state index in [-0.39, 0.29) is 43.9 Å². The Balaban J connectivity index is 1.11. The number of ether oxygens (including phenoxy) is 2. The predicted molar refractivity (Wildman–Crippen MR) is 258 cm³/mol. The second-order valence-corrected chi connectivity index (χ2v) is 19.3. The molecule has 8 rings (SSSR count). The minimum atomic E-state index is -3.26. The van der Waals surface area contributed by atoms with Gasteiger partial charge in [-0.2, -0.15) is 13.5 Å². The molecule has 5 heterocycles. The number of nitrogens with one attached hydrogen (secondary N) is 2. The molecule has 3 saturated heterocycles. The van der Waals surface area contributed by atoms with Crippen molar-refractivity contribution in [3.8, 4) is 22.8 Å². The molecule has 2 N–H and O–H groups in total. The summed E-state index contributed by atoms with van der Waals surface area (Å²) in [6.07, 6.45) is 6.01. The van der Waals surface area contributed by atoms with Crippen LogP contribution in [-0.2, 0) is 56.9 Å². The molecular weight excluding hydrogens is 946 g/mol. The maximum Gasteiger partial charge on any atom is 0.345 e. The lowest BCUT2D eigenvalue weighted by Crippen LogP contribution is -2.65. The molecule has 4 amide bonds. The minimum Gasteiger partial charge on any atom is -0.619 e. The number of fused-ring (bicyclic) bond motifs is 2. The molecule has 70 heavy (non-hydrogen) atoms. The molecule has 19 heteroatoms. The molecule has 4 atom stereocenters. The number of rotatable bonds is 14. The maximum absolute atomic E-state index is 15.0. The third-order valence-electron chi connectivity index (χ3n) is 13.4. The largest absolute Gasteiger partial charge is 0.619 e. The van der Waals surface area contributed by atoms with Gasteiger partial charge >= 0.3 is 6.61 Å². The van der Waals surface area contributed by atoms with Crippen LogP contribution in [0.15, 0.2) is 97.3 Å². The number of carbonyl (C=O) groups is 4. The fourth-order valence-corrected chi connectivity index (χ4v) is 9.94. The van der Waals surface area contributed by atoms with Crippen molar-refractivity contribution in [3.63, 3.8) is 0 Å². The first-order valence-electron chi connectivity index (χ1n) is 23.5. The highest BCUT2D eigenvalue weighted by molar-refractivity contribution is 6.31. The Labute approximate surface area is 415 Å². The Morgan fingerprint density at radius 2 is 1.66 bits per heavy atom. The minimum absolute atomic E-state index is 0.0259. The summed E-state index contributed by atoms with van der Waals surface area (Å²) in [5, 5.41) is 19.5. The number of halogens is 4. The Morgan fingerprint density at radius 3 is 2.39 bits per heavy atom. The van der Waals surface area contributed by atoms with Gasteiger partial charge in [0.25, 0.3) is 0 Å². The Hall–Kier alpha value is -6.14. The van der Waals surface area contributed by atoms with Crippen LogP contribution in [0.4, 0.5) is 8.78 Å². The molecule has 5 aromatic rings. The van der Waals surface area contributed by atoms with Crippen molar-refractivity contribution in [1.29, 1.82) is 0 Å². The van der Waals surface area contributed by atoms with E-state index in [1.807, 2.05) is 25.4 Å². The lowest BCUT2D eigenvalue weighted by atomic mass is 9.82. The number of carbonyl (C=O) groups excluding carboxylic acids is 4. The Kier molecular flexibility index (Phi) is 16.0. The fourth-order valence-electron chi connectivity index (χ4n) is 9.65. The van der Waals surface area contributed by atoms with Crippen molar-refractivity contribution in [2.24, 2.45) is 13.0 Å². The lowest BCUT2D eigenvalue weighted by molar-refractivity contribution is -0.614. The van der Waals surface area contributed by atoms with Gasteiger partial charge in [0, 0.05) is 66.3 Å². The summed E-state index contributed by atoms with van der Waals surface area (Å²) in [4.78, 5) is 68.6. The van der Waals surface area contributed by atoms with Gasteiger partial charge in [-0.15, -0.1) is 0 Å². The molecule has 3 aromatic carbocycles. The second-order valence-electron chi connectivity index (χ2n) is 18.4. The first-order valence-corrected chi connectivity index (χ1v) is 24.2. The molecule has 0 aliphatic carbocycles. The van der Waals surface area contributed by atoms with Crippen LogP contribution in [0, 0.1) is 11.1 Å². The SMILES string of the molecule is C[C@H]1C(=O)N[C@@H](COC(F)F)C(=O)N[C@@]2(Cc3ccc(Cl)cc3)CCCN(C2)C(=O)[C@H](Cc2cccc[n+]2[O-])CC(=O)N1Cc1ccc(Cl)cc1Oc1ccc(-c2cnc(CN3CCCC3)n2C)cc1. The summed E-state index contributed by atoms with van der Waals surface area (Å²) in [5.74, 6) is -2.14. The fraction of sp³-hybridized carbons (Fsp3) is 0.412. The van der Waals surface area contributed by atoms with Gasteiger partial charge in [-0.3, -0.25) is 24.1 Å². The normalized spacial score (nSPS) is 21.7. The molecule has 370 valence electrons. The zero-order valence-corrected chi connectivity index (χ0v) is 40.5. The van der Waals surface area contributed by atoms with E-state index in [0.29, 0.717) is 38.9 Å². The van der Waals surface area contributed by atoms with E-state index in [1.165, 1.54) is 30.9 Å². The number of aromatic nitrogens is 3. The zero-order chi connectivity index (χ0) is 49.5. The Bertz CT molecular complexity index is 2670. The van der Waals surface area contributed by atoms with E-state index in [0.717, 1.165) is 42.3 Å². The van der Waals surface area contributed by atoms with Gasteiger partial charge in [-0.1, -0.05) is 47.5 Å². The number of benzene rings is 3. The van der Waals surface area contributed by atoms with E-state index in [9.17, 15) is 33.2 Å². The van der Waals surface area contributed by atoms with Crippen molar-refractivity contribution in [1.82, 2.24) is 34.9 Å². The van der Waals surface area contributed by atoms with Crippen molar-refractivity contribution < 1.29 is 42.2 Å². The molecular formula is C51H56Cl2F2N8O7. The summed E-state index contributed by atoms with van der Waals surface area (Å²) in [6.45, 7) is 0.161. The van der Waals surface area contributed by atoms with Gasteiger partial charge < -0.3 is 39.7 Å². The van der Waals surface area contributed by atoms with Crippen LogP contribution in [0.3, 0.4) is 0 Å². The van der Waals surface area contributed by atoms with Gasteiger partial charge in [-0.05, 0) is 106 Å². The summed E-state index contributed by atoms with van der Waals surface area (Å²) < 4.78 is 41.0. The number of hydrogen-bond donors (Lipinski definition) is 2. The van der Waals surface area contributed by atoms with Crippen molar-refractivity contribution in [2.75, 3.05) is 32.8 Å². The lowest BCUT2D eigenvalue weighted by Gasteiger charge is -2.45. The van der Waals surface area contributed by atoms with E-state index >= 15 is 0 Å². The molecule has 3 fully saturated rings. The predicted octanol–water partition coefficient (Wildman–Crippen LogP) is 6.84. The summed E-state index contributed by atoms with van der Waals surface area (Å²) in [5.41, 5.74) is 2.16. The smallest absolute Gasteiger partial charge is 0.345 e. The molecule has 3 aliphatic heterocycles.